The van der Waals surface area contributed by atoms with Gasteiger partial charge >= 0.3 is 12.1 Å². The molecule has 3 aromatic rings. The molecule has 0 spiro atoms. The molecule has 2 heterocycles. The molecule has 0 aliphatic rings. The lowest BCUT2D eigenvalue weighted by molar-refractivity contribution is -0.156. The molecule has 0 amide bonds. The summed E-state index contributed by atoms with van der Waals surface area (Å²) < 4.78 is 41.7. The molecule has 1 N–H and O–H groups in total. The topological polar surface area (TPSA) is 84.7 Å². The molecule has 0 saturated heterocycles. The SMILES string of the molecule is O=c1[nH]cnc2ccc(-c3nnc(C(F)(F)F)o3)cc12. The monoisotopic (exact) mass is 282 g/mol. The lowest BCUT2D eigenvalue weighted by Crippen LogP contribution is -2.06. The van der Waals surface area contributed by atoms with Gasteiger partial charge in [0.1, 0.15) is 0 Å². The molecule has 0 aliphatic heterocycles. The van der Waals surface area contributed by atoms with Crippen molar-refractivity contribution >= 4 is 10.9 Å². The van der Waals surface area contributed by atoms with Gasteiger partial charge in [-0.15, -0.1) is 10.2 Å². The third kappa shape index (κ3) is 2.02. The van der Waals surface area contributed by atoms with Crippen molar-refractivity contribution in [3.8, 4) is 11.5 Å². The number of H-pyrrole nitrogens is 1. The summed E-state index contributed by atoms with van der Waals surface area (Å²) in [6, 6.07) is 4.27. The number of rotatable bonds is 1. The fourth-order valence-corrected chi connectivity index (χ4v) is 1.66. The van der Waals surface area contributed by atoms with E-state index in [0.717, 1.165) is 0 Å². The average molecular weight is 282 g/mol. The molecule has 0 radical (unpaired) electrons. The first-order chi connectivity index (χ1) is 9.45. The van der Waals surface area contributed by atoms with Crippen LogP contribution in [0.1, 0.15) is 5.89 Å². The van der Waals surface area contributed by atoms with Gasteiger partial charge in [0.15, 0.2) is 0 Å². The minimum Gasteiger partial charge on any atom is -0.413 e. The number of fused-ring (bicyclic) bond motifs is 1. The van der Waals surface area contributed by atoms with Gasteiger partial charge in [-0.2, -0.15) is 13.2 Å². The van der Waals surface area contributed by atoms with E-state index in [0.29, 0.717) is 5.52 Å². The van der Waals surface area contributed by atoms with Crippen molar-refractivity contribution in [1.82, 2.24) is 20.2 Å². The van der Waals surface area contributed by atoms with Crippen LogP contribution in [-0.2, 0) is 6.18 Å². The molecule has 3 rings (SSSR count). The van der Waals surface area contributed by atoms with Crippen LogP contribution in [0, 0.1) is 0 Å². The Hall–Kier alpha value is -2.71. The second kappa shape index (κ2) is 4.15. The Morgan fingerprint density at radius 2 is 2.00 bits per heavy atom. The molecular formula is C11H5F3N4O2. The Balaban J connectivity index is 2.13. The Labute approximate surface area is 108 Å². The molecule has 0 bridgehead atoms. The first-order valence-corrected chi connectivity index (χ1v) is 5.34. The second-order valence-electron chi connectivity index (χ2n) is 3.87. The van der Waals surface area contributed by atoms with E-state index in [2.05, 4.69) is 24.6 Å². The summed E-state index contributed by atoms with van der Waals surface area (Å²) in [6.07, 6.45) is -3.47. The van der Waals surface area contributed by atoms with Crippen molar-refractivity contribution in [3.63, 3.8) is 0 Å². The van der Waals surface area contributed by atoms with E-state index in [1.165, 1.54) is 24.5 Å². The molecule has 1 aromatic carbocycles. The van der Waals surface area contributed by atoms with Gasteiger partial charge in [-0.3, -0.25) is 4.79 Å². The van der Waals surface area contributed by atoms with Crippen molar-refractivity contribution in [2.75, 3.05) is 0 Å². The summed E-state index contributed by atoms with van der Waals surface area (Å²) in [5.41, 5.74) is 0.208. The van der Waals surface area contributed by atoms with E-state index >= 15 is 0 Å². The van der Waals surface area contributed by atoms with Crippen LogP contribution in [0.4, 0.5) is 13.2 Å². The predicted octanol–water partition coefficient (Wildman–Crippen LogP) is 1.99. The first-order valence-electron chi connectivity index (χ1n) is 5.34. The summed E-state index contributed by atoms with van der Waals surface area (Å²) in [6.45, 7) is 0. The van der Waals surface area contributed by atoms with Crippen LogP contribution in [0.15, 0.2) is 33.7 Å². The molecule has 0 unspecified atom stereocenters. The lowest BCUT2D eigenvalue weighted by atomic mass is 10.1. The van der Waals surface area contributed by atoms with E-state index in [4.69, 9.17) is 0 Å². The van der Waals surface area contributed by atoms with Gasteiger partial charge in [0.2, 0.25) is 5.89 Å². The van der Waals surface area contributed by atoms with E-state index < -0.39 is 17.6 Å². The molecule has 0 atom stereocenters. The zero-order valence-corrected chi connectivity index (χ0v) is 9.60. The van der Waals surface area contributed by atoms with Crippen LogP contribution in [0.2, 0.25) is 0 Å². The second-order valence-corrected chi connectivity index (χ2v) is 3.87. The van der Waals surface area contributed by atoms with Gasteiger partial charge in [-0.1, -0.05) is 0 Å². The largest absolute Gasteiger partial charge is 0.470 e. The molecule has 0 fully saturated rings. The van der Waals surface area contributed by atoms with E-state index in [1.54, 1.807) is 0 Å². The highest BCUT2D eigenvalue weighted by Gasteiger charge is 2.38. The normalized spacial score (nSPS) is 11.9. The number of halogens is 3. The van der Waals surface area contributed by atoms with Gasteiger partial charge in [0, 0.05) is 5.56 Å². The quantitative estimate of drug-likeness (QED) is 0.737. The van der Waals surface area contributed by atoms with E-state index in [9.17, 15) is 18.0 Å². The highest BCUT2D eigenvalue weighted by molar-refractivity contribution is 5.81. The smallest absolute Gasteiger partial charge is 0.413 e. The van der Waals surface area contributed by atoms with Crippen molar-refractivity contribution in [2.45, 2.75) is 6.18 Å². The van der Waals surface area contributed by atoms with Crippen molar-refractivity contribution in [3.05, 3.63) is 40.8 Å². The Morgan fingerprint density at radius 3 is 2.70 bits per heavy atom. The van der Waals surface area contributed by atoms with Gasteiger partial charge < -0.3 is 9.40 Å². The number of nitrogens with zero attached hydrogens (tertiary/aromatic N) is 3. The summed E-state index contributed by atoms with van der Waals surface area (Å²) in [5, 5.41) is 6.46. The van der Waals surface area contributed by atoms with Gasteiger partial charge in [0.05, 0.1) is 17.2 Å². The molecule has 102 valence electrons. The zero-order valence-electron chi connectivity index (χ0n) is 9.60. The van der Waals surface area contributed by atoms with Crippen LogP contribution < -0.4 is 5.56 Å². The van der Waals surface area contributed by atoms with Crippen LogP contribution >= 0.6 is 0 Å². The predicted molar refractivity (Wildman–Crippen MR) is 60.7 cm³/mol. The number of hydrogen-bond acceptors (Lipinski definition) is 5. The maximum Gasteiger partial charge on any atom is 0.470 e. The molecular weight excluding hydrogens is 277 g/mol. The van der Waals surface area contributed by atoms with E-state index in [-0.39, 0.29) is 16.8 Å². The number of hydrogen-bond donors (Lipinski definition) is 1. The standard InChI is InChI=1S/C11H5F3N4O2/c12-11(13,14)10-18-17-9(20-10)5-1-2-7-6(3-5)8(19)16-4-15-7/h1-4H,(H,15,16,19). The minimum atomic E-state index is -4.71. The highest BCUT2D eigenvalue weighted by Crippen LogP contribution is 2.30. The van der Waals surface area contributed by atoms with Crippen molar-refractivity contribution in [2.24, 2.45) is 0 Å². The third-order valence-electron chi connectivity index (χ3n) is 2.55. The Bertz CT molecular complexity index is 837. The highest BCUT2D eigenvalue weighted by atomic mass is 19.4. The third-order valence-corrected chi connectivity index (χ3v) is 2.55. The van der Waals surface area contributed by atoms with Crippen LogP contribution in [0.3, 0.4) is 0 Å². The first kappa shape index (κ1) is 12.3. The summed E-state index contributed by atoms with van der Waals surface area (Å²) in [4.78, 5) is 17.9. The fraction of sp³-hybridized carbons (Fsp3) is 0.0909. The molecule has 2 aromatic heterocycles. The molecule has 0 aliphatic carbocycles. The number of aromatic amines is 1. The lowest BCUT2D eigenvalue weighted by Gasteiger charge is -1.99. The summed E-state index contributed by atoms with van der Waals surface area (Å²) in [5.74, 6) is -1.75. The number of aromatic nitrogens is 4. The van der Waals surface area contributed by atoms with Gasteiger partial charge in [-0.25, -0.2) is 4.98 Å². The molecule has 6 nitrogen and oxygen atoms in total. The minimum absolute atomic E-state index is 0.207. The molecule has 9 heteroatoms. The summed E-state index contributed by atoms with van der Waals surface area (Å²) in [7, 11) is 0. The molecule has 0 saturated carbocycles. The summed E-state index contributed by atoms with van der Waals surface area (Å²) >= 11 is 0. The van der Waals surface area contributed by atoms with Gasteiger partial charge in [0.25, 0.3) is 5.56 Å². The van der Waals surface area contributed by atoms with E-state index in [1.807, 2.05) is 0 Å². The number of benzene rings is 1. The average Bonchev–Trinajstić information content (AvgIpc) is 2.88. The zero-order chi connectivity index (χ0) is 14.3. The van der Waals surface area contributed by atoms with Crippen LogP contribution in [0.25, 0.3) is 22.4 Å². The Kier molecular flexibility index (Phi) is 2.56. The maximum atomic E-state index is 12.4. The van der Waals surface area contributed by atoms with Crippen molar-refractivity contribution < 1.29 is 17.6 Å². The van der Waals surface area contributed by atoms with Gasteiger partial charge in [-0.05, 0) is 18.2 Å². The Morgan fingerprint density at radius 1 is 1.20 bits per heavy atom. The molecule has 20 heavy (non-hydrogen) atoms. The maximum absolute atomic E-state index is 12.4. The van der Waals surface area contributed by atoms with Crippen LogP contribution in [0.5, 0.6) is 0 Å². The number of alkyl halides is 3. The fourth-order valence-electron chi connectivity index (χ4n) is 1.66. The number of nitrogens with one attached hydrogen (secondary N) is 1. The van der Waals surface area contributed by atoms with Crippen molar-refractivity contribution in [1.29, 1.82) is 0 Å². The van der Waals surface area contributed by atoms with Crippen LogP contribution in [-0.4, -0.2) is 20.2 Å².